The Labute approximate surface area is 141 Å². The quantitative estimate of drug-likeness (QED) is 0.696. The van der Waals surface area contributed by atoms with Gasteiger partial charge >= 0.3 is 0 Å². The van der Waals surface area contributed by atoms with Crippen LogP contribution in [0.25, 0.3) is 11.0 Å². The molecular formula is C18H24N4O2. The number of amides is 1. The van der Waals surface area contributed by atoms with E-state index in [2.05, 4.69) is 20.6 Å². The number of H-pyrrole nitrogens is 1. The third-order valence-electron chi connectivity index (χ3n) is 5.26. The number of carbonyl (C=O) groups excluding carboxylic acids is 1. The van der Waals surface area contributed by atoms with Crippen molar-refractivity contribution in [1.82, 2.24) is 20.6 Å². The third kappa shape index (κ3) is 2.86. The van der Waals surface area contributed by atoms with E-state index in [1.807, 2.05) is 0 Å². The number of nitrogens with one attached hydrogen (secondary N) is 3. The minimum Gasteiger partial charge on any atom is -0.506 e. The molecule has 1 atom stereocenters. The summed E-state index contributed by atoms with van der Waals surface area (Å²) < 4.78 is 0. The first-order chi connectivity index (χ1) is 11.7. The number of fused-ring (bicyclic) bond motifs is 1. The second-order valence-corrected chi connectivity index (χ2v) is 6.98. The van der Waals surface area contributed by atoms with Gasteiger partial charge in [0.05, 0.1) is 5.56 Å². The molecule has 1 aromatic carbocycles. The van der Waals surface area contributed by atoms with Crippen molar-refractivity contribution in [2.24, 2.45) is 0 Å². The van der Waals surface area contributed by atoms with Gasteiger partial charge in [-0.25, -0.2) is 4.98 Å². The highest BCUT2D eigenvalue weighted by Gasteiger charge is 2.24. The fraction of sp³-hybridized carbons (Fsp3) is 0.556. The summed E-state index contributed by atoms with van der Waals surface area (Å²) in [4.78, 5) is 20.6. The number of carbonyl (C=O) groups is 1. The molecule has 4 rings (SSSR count). The Balaban J connectivity index is 1.64. The molecule has 0 radical (unpaired) electrons. The van der Waals surface area contributed by atoms with Crippen molar-refractivity contribution in [3.63, 3.8) is 0 Å². The summed E-state index contributed by atoms with van der Waals surface area (Å²) in [6.45, 7) is 1.82. The number of phenolic OH excluding ortho intramolecular Hbond substituents is 1. The van der Waals surface area contributed by atoms with Crippen LogP contribution in [-0.2, 0) is 0 Å². The van der Waals surface area contributed by atoms with E-state index in [0.29, 0.717) is 22.5 Å². The summed E-state index contributed by atoms with van der Waals surface area (Å²) in [5, 5.41) is 16.5. The van der Waals surface area contributed by atoms with Crippen LogP contribution in [-0.4, -0.2) is 40.1 Å². The first kappa shape index (κ1) is 15.4. The van der Waals surface area contributed by atoms with Gasteiger partial charge in [0.25, 0.3) is 5.91 Å². The number of aromatic amines is 1. The molecule has 2 fully saturated rings. The molecule has 6 nitrogen and oxygen atoms in total. The maximum Gasteiger partial charge on any atom is 0.253 e. The van der Waals surface area contributed by atoms with Gasteiger partial charge in [-0.1, -0.05) is 12.8 Å². The van der Waals surface area contributed by atoms with Crippen LogP contribution in [0.2, 0.25) is 0 Å². The molecule has 2 heterocycles. The van der Waals surface area contributed by atoms with Gasteiger partial charge in [0.2, 0.25) is 0 Å². The molecule has 0 unspecified atom stereocenters. The maximum absolute atomic E-state index is 12.7. The van der Waals surface area contributed by atoms with Crippen molar-refractivity contribution >= 4 is 16.9 Å². The lowest BCUT2D eigenvalue weighted by molar-refractivity contribution is 0.0932. The number of phenols is 1. The van der Waals surface area contributed by atoms with E-state index < -0.39 is 0 Å². The van der Waals surface area contributed by atoms with E-state index in [0.717, 1.165) is 44.6 Å². The molecule has 1 saturated heterocycles. The lowest BCUT2D eigenvalue weighted by Crippen LogP contribution is -2.45. The van der Waals surface area contributed by atoms with Gasteiger partial charge in [0.1, 0.15) is 22.6 Å². The Morgan fingerprint density at radius 2 is 2.04 bits per heavy atom. The summed E-state index contributed by atoms with van der Waals surface area (Å²) in [5.74, 6) is 1.35. The Hall–Kier alpha value is -2.08. The second kappa shape index (κ2) is 6.43. The summed E-state index contributed by atoms with van der Waals surface area (Å²) in [7, 11) is 0. The van der Waals surface area contributed by atoms with Crippen molar-refractivity contribution in [3.05, 3.63) is 23.5 Å². The molecule has 1 aliphatic carbocycles. The van der Waals surface area contributed by atoms with Crippen molar-refractivity contribution in [3.8, 4) is 5.75 Å². The van der Waals surface area contributed by atoms with Gasteiger partial charge in [0, 0.05) is 18.5 Å². The summed E-state index contributed by atoms with van der Waals surface area (Å²) >= 11 is 0. The Morgan fingerprint density at radius 1 is 1.21 bits per heavy atom. The predicted octanol–water partition coefficient (Wildman–Crippen LogP) is 2.41. The molecule has 0 bridgehead atoms. The van der Waals surface area contributed by atoms with Crippen molar-refractivity contribution in [2.75, 3.05) is 13.1 Å². The van der Waals surface area contributed by atoms with Gasteiger partial charge in [-0.15, -0.1) is 0 Å². The molecule has 1 saturated carbocycles. The number of imidazole rings is 1. The molecule has 1 aromatic heterocycles. The van der Waals surface area contributed by atoms with Crippen LogP contribution in [0.4, 0.5) is 0 Å². The van der Waals surface area contributed by atoms with E-state index >= 15 is 0 Å². The summed E-state index contributed by atoms with van der Waals surface area (Å²) in [5.41, 5.74) is 1.69. The second-order valence-electron chi connectivity index (χ2n) is 6.98. The number of benzene rings is 1. The average molecular weight is 328 g/mol. The molecule has 24 heavy (non-hydrogen) atoms. The van der Waals surface area contributed by atoms with Gasteiger partial charge < -0.3 is 20.7 Å². The fourth-order valence-electron chi connectivity index (χ4n) is 3.91. The largest absolute Gasteiger partial charge is 0.506 e. The molecule has 2 aromatic rings. The highest BCUT2D eigenvalue weighted by Crippen LogP contribution is 2.35. The first-order valence-corrected chi connectivity index (χ1v) is 8.95. The predicted molar refractivity (Wildman–Crippen MR) is 92.3 cm³/mol. The zero-order valence-electron chi connectivity index (χ0n) is 13.8. The number of aromatic hydroxyl groups is 1. The zero-order valence-corrected chi connectivity index (χ0v) is 13.8. The number of hydrogen-bond donors (Lipinski definition) is 4. The van der Waals surface area contributed by atoms with E-state index in [1.54, 1.807) is 12.1 Å². The standard InChI is InChI=1S/C18H24N4O2/c23-14-8-7-13(18(24)20-12-6-3-9-19-10-12)15-16(14)22-17(21-15)11-4-1-2-5-11/h7-8,11-12,19,23H,1-6,9-10H2,(H,20,24)(H,21,22)/t12-/m0/s1. The number of aromatic nitrogens is 2. The summed E-state index contributed by atoms with van der Waals surface area (Å²) in [6.07, 6.45) is 6.75. The minimum atomic E-state index is -0.113. The Morgan fingerprint density at radius 3 is 2.79 bits per heavy atom. The molecule has 1 aliphatic heterocycles. The molecular weight excluding hydrogens is 304 g/mol. The average Bonchev–Trinajstić information content (AvgIpc) is 3.26. The van der Waals surface area contributed by atoms with Gasteiger partial charge in [-0.2, -0.15) is 0 Å². The molecule has 1 amide bonds. The lowest BCUT2D eigenvalue weighted by atomic mass is 10.1. The van der Waals surface area contributed by atoms with E-state index in [-0.39, 0.29) is 17.7 Å². The SMILES string of the molecule is O=C(N[C@H]1CCCNC1)c1ccc(O)c2[nH]c(C3CCCC3)nc12. The highest BCUT2D eigenvalue weighted by molar-refractivity contribution is 6.06. The van der Waals surface area contributed by atoms with Crippen LogP contribution in [0.3, 0.4) is 0 Å². The smallest absolute Gasteiger partial charge is 0.253 e. The van der Waals surface area contributed by atoms with Crippen LogP contribution in [0.5, 0.6) is 5.75 Å². The normalized spacial score (nSPS) is 22.1. The van der Waals surface area contributed by atoms with Crippen LogP contribution in [0.1, 0.15) is 60.6 Å². The van der Waals surface area contributed by atoms with E-state index in [4.69, 9.17) is 0 Å². The molecule has 128 valence electrons. The first-order valence-electron chi connectivity index (χ1n) is 8.95. The highest BCUT2D eigenvalue weighted by atomic mass is 16.3. The molecule has 0 spiro atoms. The van der Waals surface area contributed by atoms with Crippen molar-refractivity contribution in [1.29, 1.82) is 0 Å². The van der Waals surface area contributed by atoms with Crippen LogP contribution in [0, 0.1) is 0 Å². The number of nitrogens with zero attached hydrogens (tertiary/aromatic N) is 1. The van der Waals surface area contributed by atoms with Crippen LogP contribution in [0.15, 0.2) is 12.1 Å². The van der Waals surface area contributed by atoms with Gasteiger partial charge in [-0.3, -0.25) is 4.79 Å². The van der Waals surface area contributed by atoms with Crippen LogP contribution >= 0.6 is 0 Å². The van der Waals surface area contributed by atoms with Gasteiger partial charge in [-0.05, 0) is 44.4 Å². The number of rotatable bonds is 3. The molecule has 4 N–H and O–H groups in total. The van der Waals surface area contributed by atoms with Crippen molar-refractivity contribution < 1.29 is 9.90 Å². The Bertz CT molecular complexity index is 743. The van der Waals surface area contributed by atoms with Crippen LogP contribution < -0.4 is 10.6 Å². The third-order valence-corrected chi connectivity index (χ3v) is 5.26. The van der Waals surface area contributed by atoms with Gasteiger partial charge in [0.15, 0.2) is 0 Å². The lowest BCUT2D eigenvalue weighted by Gasteiger charge is -2.23. The topological polar surface area (TPSA) is 90.0 Å². The fourth-order valence-corrected chi connectivity index (χ4v) is 3.91. The maximum atomic E-state index is 12.7. The summed E-state index contributed by atoms with van der Waals surface area (Å²) in [6, 6.07) is 3.40. The number of piperidine rings is 1. The monoisotopic (exact) mass is 328 g/mol. The minimum absolute atomic E-state index is 0.113. The van der Waals surface area contributed by atoms with Crippen molar-refractivity contribution in [2.45, 2.75) is 50.5 Å². The van der Waals surface area contributed by atoms with E-state index in [1.165, 1.54) is 12.8 Å². The molecule has 2 aliphatic rings. The van der Waals surface area contributed by atoms with E-state index in [9.17, 15) is 9.90 Å². The molecule has 6 heteroatoms. The zero-order chi connectivity index (χ0) is 16.5. The number of hydrogen-bond acceptors (Lipinski definition) is 4. The Kier molecular flexibility index (Phi) is 4.14.